The fraction of sp³-hybridized carbons (Fsp3) is 0.750. The van der Waals surface area contributed by atoms with E-state index >= 15 is 0 Å². The van der Waals surface area contributed by atoms with E-state index in [1.807, 2.05) is 0 Å². The van der Waals surface area contributed by atoms with Gasteiger partial charge in [-0.05, 0) is 26.7 Å². The number of carbonyl (C=O) groups excluding carboxylic acids is 3. The van der Waals surface area contributed by atoms with E-state index in [1.54, 1.807) is 13.8 Å². The van der Waals surface area contributed by atoms with Crippen molar-refractivity contribution < 1.29 is 23.9 Å². The lowest BCUT2D eigenvalue weighted by atomic mass is 9.78. The standard InChI is InChI=1S/C12H18O5/c1-3-16-10(14)12(11(15)17-4-2)7-5-6-9(12)8-13/h8-9H,3-7H2,1-2H3. The molecule has 1 aliphatic rings. The molecule has 1 atom stereocenters. The van der Waals surface area contributed by atoms with Gasteiger partial charge in [-0.3, -0.25) is 9.59 Å². The molecule has 1 saturated carbocycles. The monoisotopic (exact) mass is 242 g/mol. The number of aldehydes is 1. The van der Waals surface area contributed by atoms with Crippen LogP contribution < -0.4 is 0 Å². The van der Waals surface area contributed by atoms with Crippen LogP contribution in [-0.2, 0) is 23.9 Å². The molecule has 0 spiro atoms. The molecule has 0 aliphatic heterocycles. The highest BCUT2D eigenvalue weighted by Crippen LogP contribution is 2.44. The predicted molar refractivity (Wildman–Crippen MR) is 59.1 cm³/mol. The summed E-state index contributed by atoms with van der Waals surface area (Å²) in [4.78, 5) is 35.0. The van der Waals surface area contributed by atoms with E-state index in [0.717, 1.165) is 0 Å². The van der Waals surface area contributed by atoms with Gasteiger partial charge in [-0.1, -0.05) is 6.42 Å². The lowest BCUT2D eigenvalue weighted by Gasteiger charge is -2.27. The first kappa shape index (κ1) is 13.7. The van der Waals surface area contributed by atoms with Crippen LogP contribution in [0.5, 0.6) is 0 Å². The van der Waals surface area contributed by atoms with Crippen LogP contribution in [-0.4, -0.2) is 31.4 Å². The van der Waals surface area contributed by atoms with Gasteiger partial charge in [-0.25, -0.2) is 0 Å². The molecule has 0 aromatic heterocycles. The van der Waals surface area contributed by atoms with Gasteiger partial charge in [0.15, 0.2) is 5.41 Å². The van der Waals surface area contributed by atoms with Gasteiger partial charge in [0.05, 0.1) is 13.2 Å². The Morgan fingerprint density at radius 2 is 1.76 bits per heavy atom. The molecule has 0 aromatic rings. The van der Waals surface area contributed by atoms with Crippen molar-refractivity contribution in [2.24, 2.45) is 11.3 Å². The SMILES string of the molecule is CCOC(=O)C1(C(=O)OCC)CCCC1C=O. The summed E-state index contributed by atoms with van der Waals surface area (Å²) in [6, 6.07) is 0. The number of ether oxygens (including phenoxy) is 2. The van der Waals surface area contributed by atoms with Gasteiger partial charge < -0.3 is 14.3 Å². The van der Waals surface area contributed by atoms with Crippen LogP contribution in [0.25, 0.3) is 0 Å². The summed E-state index contributed by atoms with van der Waals surface area (Å²) in [5, 5.41) is 0. The van der Waals surface area contributed by atoms with E-state index in [2.05, 4.69) is 0 Å². The molecule has 96 valence electrons. The molecule has 1 aliphatic carbocycles. The van der Waals surface area contributed by atoms with Gasteiger partial charge in [0.25, 0.3) is 0 Å². The molecule has 0 radical (unpaired) electrons. The first-order valence-electron chi connectivity index (χ1n) is 5.93. The van der Waals surface area contributed by atoms with Crippen LogP contribution in [0.15, 0.2) is 0 Å². The Labute approximate surface area is 100 Å². The average Bonchev–Trinajstić information content (AvgIpc) is 2.74. The third-order valence-electron chi connectivity index (χ3n) is 3.16. The van der Waals surface area contributed by atoms with E-state index in [0.29, 0.717) is 25.5 Å². The summed E-state index contributed by atoms with van der Waals surface area (Å²) in [6.07, 6.45) is 2.18. The van der Waals surface area contributed by atoms with E-state index in [9.17, 15) is 14.4 Å². The number of carbonyl (C=O) groups is 3. The third kappa shape index (κ3) is 2.33. The van der Waals surface area contributed by atoms with Gasteiger partial charge in [-0.15, -0.1) is 0 Å². The Hall–Kier alpha value is -1.39. The van der Waals surface area contributed by atoms with Crippen LogP contribution in [0, 0.1) is 11.3 Å². The fourth-order valence-electron chi connectivity index (χ4n) is 2.33. The summed E-state index contributed by atoms with van der Waals surface area (Å²) < 4.78 is 9.86. The molecular formula is C12H18O5. The van der Waals surface area contributed by atoms with Crippen molar-refractivity contribution in [3.8, 4) is 0 Å². The molecule has 5 heteroatoms. The number of rotatable bonds is 5. The molecular weight excluding hydrogens is 224 g/mol. The van der Waals surface area contributed by atoms with Gasteiger partial charge >= 0.3 is 11.9 Å². The highest BCUT2D eigenvalue weighted by atomic mass is 16.6. The maximum Gasteiger partial charge on any atom is 0.324 e. The van der Waals surface area contributed by atoms with E-state index < -0.39 is 23.3 Å². The molecule has 0 aromatic carbocycles. The number of hydrogen-bond acceptors (Lipinski definition) is 5. The largest absolute Gasteiger partial charge is 0.465 e. The van der Waals surface area contributed by atoms with Crippen LogP contribution >= 0.6 is 0 Å². The topological polar surface area (TPSA) is 69.7 Å². The van der Waals surface area contributed by atoms with E-state index in [1.165, 1.54) is 0 Å². The molecule has 1 unspecified atom stereocenters. The number of hydrogen-bond donors (Lipinski definition) is 0. The third-order valence-corrected chi connectivity index (χ3v) is 3.16. The highest BCUT2D eigenvalue weighted by Gasteiger charge is 2.57. The van der Waals surface area contributed by atoms with Crippen molar-refractivity contribution in [2.75, 3.05) is 13.2 Å². The molecule has 0 N–H and O–H groups in total. The predicted octanol–water partition coefficient (Wildman–Crippen LogP) is 1.10. The lowest BCUT2D eigenvalue weighted by Crippen LogP contribution is -2.45. The normalized spacial score (nSPS) is 21.9. The van der Waals surface area contributed by atoms with Crippen molar-refractivity contribution in [2.45, 2.75) is 33.1 Å². The summed E-state index contributed by atoms with van der Waals surface area (Å²) in [7, 11) is 0. The summed E-state index contributed by atoms with van der Waals surface area (Å²) in [5.74, 6) is -1.89. The molecule has 5 nitrogen and oxygen atoms in total. The second kappa shape index (κ2) is 5.80. The second-order valence-electron chi connectivity index (χ2n) is 4.05. The molecule has 0 saturated heterocycles. The molecule has 1 fully saturated rings. The van der Waals surface area contributed by atoms with Gasteiger partial charge in [0.2, 0.25) is 0 Å². The van der Waals surface area contributed by atoms with Gasteiger partial charge in [0, 0.05) is 5.92 Å². The lowest BCUT2D eigenvalue weighted by molar-refractivity contribution is -0.175. The average molecular weight is 242 g/mol. The summed E-state index contributed by atoms with van der Waals surface area (Å²) >= 11 is 0. The minimum atomic E-state index is -1.41. The zero-order valence-corrected chi connectivity index (χ0v) is 10.2. The molecule has 1 rings (SSSR count). The van der Waals surface area contributed by atoms with Crippen molar-refractivity contribution in [1.29, 1.82) is 0 Å². The first-order valence-corrected chi connectivity index (χ1v) is 5.93. The Bertz CT molecular complexity index is 292. The smallest absolute Gasteiger partial charge is 0.324 e. The maximum absolute atomic E-state index is 12.0. The Kier molecular flexibility index (Phi) is 4.66. The van der Waals surface area contributed by atoms with Crippen molar-refractivity contribution >= 4 is 18.2 Å². The second-order valence-corrected chi connectivity index (χ2v) is 4.05. The minimum absolute atomic E-state index is 0.186. The van der Waals surface area contributed by atoms with E-state index in [-0.39, 0.29) is 13.2 Å². The first-order chi connectivity index (χ1) is 8.13. The Balaban J connectivity index is 3.03. The molecule has 0 heterocycles. The Morgan fingerprint density at radius 3 is 2.18 bits per heavy atom. The minimum Gasteiger partial charge on any atom is -0.465 e. The van der Waals surface area contributed by atoms with Crippen LogP contribution in [0.1, 0.15) is 33.1 Å². The molecule has 17 heavy (non-hydrogen) atoms. The maximum atomic E-state index is 12.0. The molecule has 0 bridgehead atoms. The quantitative estimate of drug-likeness (QED) is 0.410. The Morgan fingerprint density at radius 1 is 1.24 bits per heavy atom. The van der Waals surface area contributed by atoms with Crippen molar-refractivity contribution in [3.63, 3.8) is 0 Å². The van der Waals surface area contributed by atoms with Crippen LogP contribution in [0.3, 0.4) is 0 Å². The molecule has 0 amide bonds. The zero-order valence-electron chi connectivity index (χ0n) is 10.2. The number of esters is 2. The van der Waals surface area contributed by atoms with Crippen LogP contribution in [0.2, 0.25) is 0 Å². The summed E-state index contributed by atoms with van der Waals surface area (Å²) in [6.45, 7) is 3.71. The zero-order chi connectivity index (χ0) is 12.9. The van der Waals surface area contributed by atoms with E-state index in [4.69, 9.17) is 9.47 Å². The van der Waals surface area contributed by atoms with Crippen LogP contribution in [0.4, 0.5) is 0 Å². The van der Waals surface area contributed by atoms with Crippen molar-refractivity contribution in [3.05, 3.63) is 0 Å². The summed E-state index contributed by atoms with van der Waals surface area (Å²) in [5.41, 5.74) is -1.41. The highest BCUT2D eigenvalue weighted by molar-refractivity contribution is 6.03. The van der Waals surface area contributed by atoms with Crippen molar-refractivity contribution in [1.82, 2.24) is 0 Å². The fourth-order valence-corrected chi connectivity index (χ4v) is 2.33. The van der Waals surface area contributed by atoms with Gasteiger partial charge in [0.1, 0.15) is 6.29 Å². The van der Waals surface area contributed by atoms with Gasteiger partial charge in [-0.2, -0.15) is 0 Å².